The van der Waals surface area contributed by atoms with E-state index in [0.717, 1.165) is 0 Å². The van der Waals surface area contributed by atoms with Crippen molar-refractivity contribution in [3.8, 4) is 0 Å². The summed E-state index contributed by atoms with van der Waals surface area (Å²) < 4.78 is 0. The van der Waals surface area contributed by atoms with Crippen LogP contribution in [0.15, 0.2) is 5.11 Å². The molecule has 1 saturated heterocycles. The Morgan fingerprint density at radius 2 is 2.55 bits per heavy atom. The Balaban J connectivity index is 2.46. The maximum Gasteiger partial charge on any atom is 0.234 e. The van der Waals surface area contributed by atoms with Crippen molar-refractivity contribution in [3.05, 3.63) is 10.4 Å². The molecule has 6 nitrogen and oxygen atoms in total. The second-order valence-corrected chi connectivity index (χ2v) is 2.46. The van der Waals surface area contributed by atoms with Crippen LogP contribution in [0, 0.1) is 0 Å². The minimum Gasteiger partial charge on any atom is -0.368 e. The van der Waals surface area contributed by atoms with Crippen molar-refractivity contribution >= 4 is 5.91 Å². The van der Waals surface area contributed by atoms with Gasteiger partial charge in [0.2, 0.25) is 5.91 Å². The maximum absolute atomic E-state index is 10.6. The summed E-state index contributed by atoms with van der Waals surface area (Å²) in [7, 11) is 0. The van der Waals surface area contributed by atoms with Crippen LogP contribution in [-0.4, -0.2) is 24.5 Å². The number of amides is 1. The summed E-state index contributed by atoms with van der Waals surface area (Å²) >= 11 is 0. The van der Waals surface area contributed by atoms with Gasteiger partial charge in [-0.05, 0) is 12.0 Å². The van der Waals surface area contributed by atoms with Crippen LogP contribution >= 0.6 is 0 Å². The quantitative estimate of drug-likeness (QED) is 0.319. The number of nitrogens with two attached hydrogens (primary N) is 1. The first-order valence-corrected chi connectivity index (χ1v) is 3.31. The Hall–Kier alpha value is -1.26. The number of carbonyl (C=O) groups excluding carboxylic acids is 1. The number of nitrogens with one attached hydrogen (secondary N) is 1. The van der Waals surface area contributed by atoms with Crippen LogP contribution in [0.4, 0.5) is 0 Å². The summed E-state index contributed by atoms with van der Waals surface area (Å²) in [6.07, 6.45) is 0.513. The highest BCUT2D eigenvalue weighted by Crippen LogP contribution is 2.09. The Kier molecular flexibility index (Phi) is 2.30. The molecule has 1 rings (SSSR count). The second-order valence-electron chi connectivity index (χ2n) is 2.46. The molecule has 11 heavy (non-hydrogen) atoms. The molecule has 1 heterocycles. The van der Waals surface area contributed by atoms with Crippen molar-refractivity contribution in [1.29, 1.82) is 0 Å². The van der Waals surface area contributed by atoms with E-state index in [1.165, 1.54) is 0 Å². The van der Waals surface area contributed by atoms with E-state index in [-0.39, 0.29) is 18.0 Å². The lowest BCUT2D eigenvalue weighted by atomic mass is 10.2. The van der Waals surface area contributed by atoms with Gasteiger partial charge >= 0.3 is 0 Å². The molecule has 0 aliphatic carbocycles. The summed E-state index contributed by atoms with van der Waals surface area (Å²) in [5.41, 5.74) is 13.1. The van der Waals surface area contributed by atoms with Crippen LogP contribution < -0.4 is 11.1 Å². The van der Waals surface area contributed by atoms with Gasteiger partial charge in [0.05, 0.1) is 12.1 Å². The zero-order valence-corrected chi connectivity index (χ0v) is 5.90. The third kappa shape index (κ3) is 1.83. The Labute approximate surface area is 63.4 Å². The molecule has 0 radical (unpaired) electrons. The first-order chi connectivity index (χ1) is 5.24. The minimum absolute atomic E-state index is 0.127. The van der Waals surface area contributed by atoms with Gasteiger partial charge in [-0.15, -0.1) is 0 Å². The molecule has 1 aliphatic heterocycles. The number of carbonyl (C=O) groups is 1. The van der Waals surface area contributed by atoms with Gasteiger partial charge in [0.25, 0.3) is 0 Å². The Morgan fingerprint density at radius 1 is 1.82 bits per heavy atom. The van der Waals surface area contributed by atoms with E-state index >= 15 is 0 Å². The third-order valence-corrected chi connectivity index (χ3v) is 1.67. The first kappa shape index (κ1) is 7.84. The lowest BCUT2D eigenvalue weighted by molar-refractivity contribution is -0.119. The number of hydrogen-bond donors (Lipinski definition) is 2. The molecule has 0 saturated carbocycles. The fourth-order valence-electron chi connectivity index (χ4n) is 1.09. The lowest BCUT2D eigenvalue weighted by Gasteiger charge is -2.01. The molecule has 3 N–H and O–H groups in total. The summed E-state index contributed by atoms with van der Waals surface area (Å²) in [5.74, 6) is -0.388. The minimum atomic E-state index is -0.388. The summed E-state index contributed by atoms with van der Waals surface area (Å²) in [4.78, 5) is 13.2. The summed E-state index contributed by atoms with van der Waals surface area (Å²) in [5, 5.41) is 6.32. The predicted molar refractivity (Wildman–Crippen MR) is 38.5 cm³/mol. The zero-order valence-electron chi connectivity index (χ0n) is 5.90. The second kappa shape index (κ2) is 3.23. The van der Waals surface area contributed by atoms with Gasteiger partial charge in [0, 0.05) is 11.5 Å². The van der Waals surface area contributed by atoms with Crippen molar-refractivity contribution in [1.82, 2.24) is 5.32 Å². The Morgan fingerprint density at radius 3 is 3.00 bits per heavy atom. The van der Waals surface area contributed by atoms with Crippen LogP contribution in [0.1, 0.15) is 6.42 Å². The molecule has 6 heteroatoms. The molecular weight excluding hydrogens is 146 g/mol. The molecule has 60 valence electrons. The normalized spacial score (nSPS) is 29.5. The highest BCUT2D eigenvalue weighted by atomic mass is 16.1. The van der Waals surface area contributed by atoms with E-state index in [1.807, 2.05) is 0 Å². The van der Waals surface area contributed by atoms with Crippen molar-refractivity contribution < 1.29 is 4.79 Å². The topological polar surface area (TPSA) is 104 Å². The molecule has 0 aromatic carbocycles. The summed E-state index contributed by atoms with van der Waals surface area (Å²) in [6.45, 7) is 0.539. The van der Waals surface area contributed by atoms with Crippen LogP contribution in [0.25, 0.3) is 10.4 Å². The molecule has 0 aromatic heterocycles. The largest absolute Gasteiger partial charge is 0.368 e. The van der Waals surface area contributed by atoms with Gasteiger partial charge < -0.3 is 11.1 Å². The zero-order chi connectivity index (χ0) is 8.27. The predicted octanol–water partition coefficient (Wildman–Crippen LogP) is -0.488. The van der Waals surface area contributed by atoms with E-state index in [4.69, 9.17) is 11.3 Å². The summed E-state index contributed by atoms with van der Waals surface area (Å²) in [6, 6.07) is -0.456. The number of rotatable bonds is 2. The molecule has 2 atom stereocenters. The molecular formula is C5H9N5O. The molecule has 1 fully saturated rings. The van der Waals surface area contributed by atoms with Crippen LogP contribution in [0.5, 0.6) is 0 Å². The van der Waals surface area contributed by atoms with E-state index in [9.17, 15) is 4.79 Å². The van der Waals surface area contributed by atoms with Crippen LogP contribution in [0.2, 0.25) is 0 Å². The van der Waals surface area contributed by atoms with Crippen molar-refractivity contribution in [3.63, 3.8) is 0 Å². The van der Waals surface area contributed by atoms with Gasteiger partial charge in [-0.25, -0.2) is 0 Å². The first-order valence-electron chi connectivity index (χ1n) is 3.31. The van der Waals surface area contributed by atoms with Crippen LogP contribution in [0.3, 0.4) is 0 Å². The number of primary amides is 1. The highest BCUT2D eigenvalue weighted by Gasteiger charge is 2.26. The van der Waals surface area contributed by atoms with Gasteiger partial charge in [-0.1, -0.05) is 5.11 Å². The fourth-order valence-corrected chi connectivity index (χ4v) is 1.09. The van der Waals surface area contributed by atoms with Crippen molar-refractivity contribution in [2.45, 2.75) is 18.5 Å². The number of nitrogens with zero attached hydrogens (tertiary/aromatic N) is 3. The SMILES string of the molecule is [N-]=[N+]=N[C@@H]1CN[C@H](C(N)=O)C1. The molecule has 1 amide bonds. The standard InChI is InChI=1S/C5H9N5O/c6-5(11)4-1-3(2-8-4)9-10-7/h3-4,8H,1-2H2,(H2,6,11)/t3-,4-/m0/s1. The highest BCUT2D eigenvalue weighted by molar-refractivity contribution is 5.80. The monoisotopic (exact) mass is 155 g/mol. The number of azide groups is 1. The average Bonchev–Trinajstić information content (AvgIpc) is 2.37. The van der Waals surface area contributed by atoms with Gasteiger partial charge in [-0.2, -0.15) is 0 Å². The van der Waals surface area contributed by atoms with Crippen molar-refractivity contribution in [2.24, 2.45) is 10.8 Å². The average molecular weight is 155 g/mol. The van der Waals surface area contributed by atoms with E-state index < -0.39 is 0 Å². The fraction of sp³-hybridized carbons (Fsp3) is 0.800. The lowest BCUT2D eigenvalue weighted by Crippen LogP contribution is -2.36. The van der Waals surface area contributed by atoms with E-state index in [1.54, 1.807) is 0 Å². The van der Waals surface area contributed by atoms with Crippen molar-refractivity contribution in [2.75, 3.05) is 6.54 Å². The molecule has 0 bridgehead atoms. The molecule has 0 aromatic rings. The van der Waals surface area contributed by atoms with E-state index in [2.05, 4.69) is 15.3 Å². The molecule has 0 spiro atoms. The van der Waals surface area contributed by atoms with Gasteiger partial charge in [0.15, 0.2) is 0 Å². The molecule has 1 aliphatic rings. The van der Waals surface area contributed by atoms with E-state index in [0.29, 0.717) is 13.0 Å². The third-order valence-electron chi connectivity index (χ3n) is 1.67. The smallest absolute Gasteiger partial charge is 0.234 e. The molecule has 0 unspecified atom stereocenters. The van der Waals surface area contributed by atoms with Gasteiger partial charge in [-0.3, -0.25) is 4.79 Å². The number of hydrogen-bond acceptors (Lipinski definition) is 3. The van der Waals surface area contributed by atoms with Crippen LogP contribution in [-0.2, 0) is 4.79 Å². The van der Waals surface area contributed by atoms with Gasteiger partial charge in [0.1, 0.15) is 0 Å². The Bertz CT molecular complexity index is 201. The maximum atomic E-state index is 10.6.